The molecule has 12 heteroatoms. The summed E-state index contributed by atoms with van der Waals surface area (Å²) >= 11 is 0. The highest BCUT2D eigenvalue weighted by Gasteiger charge is 2.72. The normalized spacial score (nSPS) is 27.3. The van der Waals surface area contributed by atoms with Crippen LogP contribution in [0.1, 0.15) is 49.4 Å². The second kappa shape index (κ2) is 11.9. The van der Waals surface area contributed by atoms with Crippen molar-refractivity contribution in [3.05, 3.63) is 111 Å². The van der Waals surface area contributed by atoms with Crippen LogP contribution in [0.5, 0.6) is 0 Å². The van der Waals surface area contributed by atoms with Crippen LogP contribution in [0.3, 0.4) is 0 Å². The average Bonchev–Trinajstić information content (AvgIpc) is 2.96. The number of nitro groups is 1. The molecule has 3 aromatic rings. The van der Waals surface area contributed by atoms with E-state index < -0.39 is 75.3 Å². The van der Waals surface area contributed by atoms with Gasteiger partial charge in [0.05, 0.1) is 22.5 Å². The Bertz CT molecular complexity index is 1550. The zero-order chi connectivity index (χ0) is 32.8. The Morgan fingerprint density at radius 2 is 1.51 bits per heavy atom. The first-order valence-corrected chi connectivity index (χ1v) is 14.7. The van der Waals surface area contributed by atoms with Gasteiger partial charge in [0.15, 0.2) is 0 Å². The fourth-order valence-corrected chi connectivity index (χ4v) is 7.98. The first-order chi connectivity index (χ1) is 21.3. The third-order valence-electron chi connectivity index (χ3n) is 10.0. The van der Waals surface area contributed by atoms with Crippen molar-refractivity contribution in [3.63, 3.8) is 0 Å². The van der Waals surface area contributed by atoms with Crippen molar-refractivity contribution in [2.24, 2.45) is 28.4 Å². The fourth-order valence-electron chi connectivity index (χ4n) is 7.98. The highest BCUT2D eigenvalue weighted by molar-refractivity contribution is 5.85. The number of carbonyl (C=O) groups is 2. The molecule has 10 nitrogen and oxygen atoms in total. The highest BCUT2D eigenvalue weighted by Crippen LogP contribution is 2.62. The number of piperidine rings is 1. The molecule has 0 aromatic heterocycles. The van der Waals surface area contributed by atoms with Gasteiger partial charge in [0, 0.05) is 43.1 Å². The minimum absolute atomic E-state index is 0.148. The van der Waals surface area contributed by atoms with Gasteiger partial charge in [0.2, 0.25) is 0 Å². The highest BCUT2D eigenvalue weighted by atomic mass is 19.1. The molecule has 0 saturated carbocycles. The smallest absolute Gasteiger partial charge is 0.313 e. The number of nitrogens with zero attached hydrogens (tertiary/aromatic N) is 2. The van der Waals surface area contributed by atoms with E-state index in [9.17, 15) is 38.7 Å². The lowest BCUT2D eigenvalue weighted by Gasteiger charge is -2.63. The van der Waals surface area contributed by atoms with Crippen LogP contribution in [0.2, 0.25) is 0 Å². The Morgan fingerprint density at radius 1 is 0.978 bits per heavy atom. The SMILES string of the molecule is CC(C)C1(C(=O)O)C(C)NC(N)C(C(=O)O)(C2CN(C(c3ccc(F)cc3)c3ccc(F)cc3)C2)C1c1cccc([N+](=O)[O-])c1. The van der Waals surface area contributed by atoms with Gasteiger partial charge in [0.25, 0.3) is 5.69 Å². The number of nitrogens with two attached hydrogens (primary N) is 1. The lowest BCUT2D eigenvalue weighted by Crippen LogP contribution is -2.78. The van der Waals surface area contributed by atoms with Crippen LogP contribution < -0.4 is 11.1 Å². The minimum atomic E-state index is -1.92. The quantitative estimate of drug-likeness (QED) is 0.195. The molecule has 0 aliphatic carbocycles. The van der Waals surface area contributed by atoms with Crippen LogP contribution in [0.4, 0.5) is 14.5 Å². The molecule has 5 unspecified atom stereocenters. The van der Waals surface area contributed by atoms with Gasteiger partial charge in [-0.25, -0.2) is 8.78 Å². The molecule has 5 N–H and O–H groups in total. The van der Waals surface area contributed by atoms with Gasteiger partial charge < -0.3 is 15.9 Å². The molecule has 5 atom stereocenters. The predicted molar refractivity (Wildman–Crippen MR) is 161 cm³/mol. The molecule has 5 rings (SSSR count). The van der Waals surface area contributed by atoms with Crippen molar-refractivity contribution in [2.45, 2.75) is 44.9 Å². The molecule has 2 aliphatic rings. The summed E-state index contributed by atoms with van der Waals surface area (Å²) in [7, 11) is 0. The number of non-ortho nitro benzene ring substituents is 1. The Labute approximate surface area is 259 Å². The van der Waals surface area contributed by atoms with Crippen molar-refractivity contribution in [1.29, 1.82) is 0 Å². The molecule has 0 radical (unpaired) electrons. The molecular weight excluding hydrogens is 586 g/mol. The van der Waals surface area contributed by atoms with Gasteiger partial charge in [-0.2, -0.15) is 0 Å². The third-order valence-corrected chi connectivity index (χ3v) is 10.0. The zero-order valence-electron chi connectivity index (χ0n) is 25.1. The molecule has 45 heavy (non-hydrogen) atoms. The van der Waals surface area contributed by atoms with Gasteiger partial charge in [-0.15, -0.1) is 0 Å². The zero-order valence-corrected chi connectivity index (χ0v) is 25.1. The number of rotatable bonds is 9. The molecule has 2 aliphatic heterocycles. The maximum absolute atomic E-state index is 13.9. The standard InChI is InChI=1S/C33H36F2N4O6/c1-18(2)32(30(40)41)19(3)37-29(36)33(31(42)43,28(32)22-5-4-6-26(15-22)39(44)45)23-16-38(17-23)27(20-7-11-24(34)12-8-20)21-9-13-25(35)14-10-21/h4-15,18-19,23,27-29,37H,16-17,36H2,1-3H3,(H,40,41)(H,42,43). The van der Waals surface area contributed by atoms with Crippen molar-refractivity contribution in [1.82, 2.24) is 10.2 Å². The number of hydrogen-bond acceptors (Lipinski definition) is 7. The van der Waals surface area contributed by atoms with Crippen LogP contribution in [0, 0.1) is 44.4 Å². The summed E-state index contributed by atoms with van der Waals surface area (Å²) in [6.07, 6.45) is -1.22. The lowest BCUT2D eigenvalue weighted by atomic mass is 9.45. The maximum atomic E-state index is 13.9. The van der Waals surface area contributed by atoms with Gasteiger partial charge >= 0.3 is 11.9 Å². The number of carboxylic acid groups (broad SMARTS) is 2. The molecule has 2 heterocycles. The van der Waals surface area contributed by atoms with Crippen molar-refractivity contribution < 1.29 is 33.5 Å². The van der Waals surface area contributed by atoms with E-state index in [-0.39, 0.29) is 24.3 Å². The van der Waals surface area contributed by atoms with Gasteiger partial charge in [0.1, 0.15) is 17.0 Å². The van der Waals surface area contributed by atoms with Crippen LogP contribution >= 0.6 is 0 Å². The third kappa shape index (κ3) is 5.06. The summed E-state index contributed by atoms with van der Waals surface area (Å²) < 4.78 is 27.7. The number of nitrogens with one attached hydrogen (secondary N) is 1. The monoisotopic (exact) mass is 622 g/mol. The summed E-state index contributed by atoms with van der Waals surface area (Å²) in [5.74, 6) is -6.02. The molecular formula is C33H36F2N4O6. The van der Waals surface area contributed by atoms with E-state index in [0.29, 0.717) is 11.1 Å². The Morgan fingerprint density at radius 3 is 1.96 bits per heavy atom. The Balaban J connectivity index is 1.67. The summed E-state index contributed by atoms with van der Waals surface area (Å²) in [6, 6.07) is 15.9. The summed E-state index contributed by atoms with van der Waals surface area (Å²) in [4.78, 5) is 40.3. The van der Waals surface area contributed by atoms with Crippen LogP contribution in [-0.2, 0) is 9.59 Å². The molecule has 0 amide bonds. The van der Waals surface area contributed by atoms with Crippen LogP contribution in [0.15, 0.2) is 72.8 Å². The summed E-state index contributed by atoms with van der Waals surface area (Å²) in [5.41, 5.74) is 4.38. The molecule has 3 aromatic carbocycles. The van der Waals surface area contributed by atoms with Gasteiger partial charge in [-0.1, -0.05) is 50.2 Å². The average molecular weight is 623 g/mol. The number of benzene rings is 3. The van der Waals surface area contributed by atoms with E-state index in [2.05, 4.69) is 5.32 Å². The van der Waals surface area contributed by atoms with E-state index >= 15 is 0 Å². The molecule has 0 bridgehead atoms. The van der Waals surface area contributed by atoms with E-state index in [4.69, 9.17) is 5.73 Å². The Hall–Kier alpha value is -4.26. The minimum Gasteiger partial charge on any atom is -0.481 e. The summed E-state index contributed by atoms with van der Waals surface area (Å²) in [5, 5.41) is 37.0. The number of halogens is 2. The predicted octanol–water partition coefficient (Wildman–Crippen LogP) is 4.75. The number of likely N-dealkylation sites (tertiary alicyclic amines) is 1. The van der Waals surface area contributed by atoms with Crippen molar-refractivity contribution in [2.75, 3.05) is 13.1 Å². The van der Waals surface area contributed by atoms with E-state index in [1.807, 2.05) is 4.90 Å². The van der Waals surface area contributed by atoms with Crippen molar-refractivity contribution >= 4 is 17.6 Å². The Kier molecular flexibility index (Phi) is 8.51. The second-order valence-corrected chi connectivity index (χ2v) is 12.4. The molecule has 2 saturated heterocycles. The number of nitro benzene ring substituents is 1. The summed E-state index contributed by atoms with van der Waals surface area (Å²) in [6.45, 7) is 5.35. The largest absolute Gasteiger partial charge is 0.481 e. The van der Waals surface area contributed by atoms with E-state index in [1.54, 1.807) is 45.0 Å². The maximum Gasteiger partial charge on any atom is 0.313 e. The molecule has 2 fully saturated rings. The number of aliphatic carboxylic acids is 2. The van der Waals surface area contributed by atoms with E-state index in [0.717, 1.165) is 0 Å². The first-order valence-electron chi connectivity index (χ1n) is 14.7. The number of carboxylic acids is 2. The lowest BCUT2D eigenvalue weighted by molar-refractivity contribution is -0.385. The van der Waals surface area contributed by atoms with E-state index in [1.165, 1.54) is 48.5 Å². The first kappa shape index (κ1) is 32.1. The molecule has 0 spiro atoms. The van der Waals surface area contributed by atoms with Crippen molar-refractivity contribution in [3.8, 4) is 0 Å². The van der Waals surface area contributed by atoms with Crippen LogP contribution in [0.25, 0.3) is 0 Å². The number of hydrogen-bond donors (Lipinski definition) is 4. The van der Waals surface area contributed by atoms with Gasteiger partial charge in [-0.05, 0) is 53.8 Å². The molecule has 238 valence electrons. The topological polar surface area (TPSA) is 159 Å². The second-order valence-electron chi connectivity index (χ2n) is 12.4. The van der Waals surface area contributed by atoms with Crippen LogP contribution in [-0.4, -0.2) is 57.3 Å². The van der Waals surface area contributed by atoms with Gasteiger partial charge in [-0.3, -0.25) is 29.9 Å². The fraction of sp³-hybridized carbons (Fsp3) is 0.394.